The normalized spacial score (nSPS) is 20.2. The monoisotopic (exact) mass is 339 g/mol. The molecule has 1 unspecified atom stereocenters. The minimum absolute atomic E-state index is 0.0126. The molecule has 1 amide bonds. The number of carbonyl (C=O) groups is 1. The van der Waals surface area contributed by atoms with Gasteiger partial charge in [-0.25, -0.2) is 4.39 Å². The summed E-state index contributed by atoms with van der Waals surface area (Å²) in [6, 6.07) is 2.97. The van der Waals surface area contributed by atoms with E-state index in [2.05, 4.69) is 15.9 Å². The van der Waals surface area contributed by atoms with Crippen molar-refractivity contribution in [1.29, 1.82) is 0 Å². The van der Waals surface area contributed by atoms with Gasteiger partial charge in [0.25, 0.3) is 0 Å². The molecule has 1 aliphatic rings. The van der Waals surface area contributed by atoms with Crippen LogP contribution in [0.3, 0.4) is 0 Å². The number of anilines is 1. The first-order valence-electron chi connectivity index (χ1n) is 5.56. The van der Waals surface area contributed by atoms with Crippen molar-refractivity contribution in [2.75, 3.05) is 16.8 Å². The summed E-state index contributed by atoms with van der Waals surface area (Å²) < 4.78 is 51.7. The van der Waals surface area contributed by atoms with Crippen LogP contribution < -0.4 is 4.90 Å². The standard InChI is InChI=1S/C12H10BrF4NO/c13-5-7-4-10(19)18(6-7)9-3-1-2-8(11(9)14)12(15,16)17/h1-3,7H,4-6H2. The number of halogens is 5. The average Bonchev–Trinajstić information content (AvgIpc) is 2.69. The van der Waals surface area contributed by atoms with E-state index in [9.17, 15) is 22.4 Å². The maximum absolute atomic E-state index is 13.9. The number of alkyl halides is 4. The highest BCUT2D eigenvalue weighted by Crippen LogP contribution is 2.36. The van der Waals surface area contributed by atoms with Gasteiger partial charge in [-0.15, -0.1) is 0 Å². The van der Waals surface area contributed by atoms with E-state index in [1.807, 2.05) is 0 Å². The van der Waals surface area contributed by atoms with Crippen molar-refractivity contribution in [3.8, 4) is 0 Å². The SMILES string of the molecule is O=C1CC(CBr)CN1c1cccc(C(F)(F)F)c1F. The topological polar surface area (TPSA) is 20.3 Å². The number of amides is 1. The molecule has 0 radical (unpaired) electrons. The third-order valence-corrected chi connectivity index (χ3v) is 3.91. The van der Waals surface area contributed by atoms with Gasteiger partial charge in [-0.1, -0.05) is 22.0 Å². The summed E-state index contributed by atoms with van der Waals surface area (Å²) in [4.78, 5) is 12.8. The lowest BCUT2D eigenvalue weighted by Crippen LogP contribution is -2.26. The fourth-order valence-corrected chi connectivity index (χ4v) is 2.50. The molecule has 1 heterocycles. The Kier molecular flexibility index (Phi) is 3.85. The minimum atomic E-state index is -4.77. The Labute approximate surface area is 115 Å². The molecule has 0 N–H and O–H groups in total. The highest BCUT2D eigenvalue weighted by atomic mass is 79.9. The molecule has 104 valence electrons. The second-order valence-electron chi connectivity index (χ2n) is 4.37. The van der Waals surface area contributed by atoms with Crippen LogP contribution >= 0.6 is 15.9 Å². The Balaban J connectivity index is 2.39. The van der Waals surface area contributed by atoms with Crippen LogP contribution in [-0.2, 0) is 11.0 Å². The highest BCUT2D eigenvalue weighted by molar-refractivity contribution is 9.09. The molecule has 0 aliphatic carbocycles. The van der Waals surface area contributed by atoms with Crippen molar-refractivity contribution in [2.24, 2.45) is 5.92 Å². The lowest BCUT2D eigenvalue weighted by molar-refractivity contribution is -0.140. The number of carbonyl (C=O) groups excluding carboxylic acids is 1. The lowest BCUT2D eigenvalue weighted by Gasteiger charge is -2.19. The number of hydrogen-bond acceptors (Lipinski definition) is 1. The van der Waals surface area contributed by atoms with Crippen LogP contribution in [0.1, 0.15) is 12.0 Å². The largest absolute Gasteiger partial charge is 0.419 e. The average molecular weight is 340 g/mol. The molecular weight excluding hydrogens is 330 g/mol. The molecule has 1 atom stereocenters. The van der Waals surface area contributed by atoms with Crippen molar-refractivity contribution in [1.82, 2.24) is 0 Å². The molecule has 7 heteroatoms. The van der Waals surface area contributed by atoms with Crippen LogP contribution in [0.4, 0.5) is 23.2 Å². The highest BCUT2D eigenvalue weighted by Gasteiger charge is 2.38. The first-order valence-corrected chi connectivity index (χ1v) is 6.68. The molecule has 1 aliphatic heterocycles. The number of rotatable bonds is 2. The Morgan fingerprint density at radius 1 is 1.37 bits per heavy atom. The molecule has 0 aromatic heterocycles. The van der Waals surface area contributed by atoms with E-state index >= 15 is 0 Å². The van der Waals surface area contributed by atoms with Gasteiger partial charge in [-0.3, -0.25) is 4.79 Å². The Morgan fingerprint density at radius 3 is 2.58 bits per heavy atom. The first-order chi connectivity index (χ1) is 8.84. The van der Waals surface area contributed by atoms with Crippen LogP contribution in [0.25, 0.3) is 0 Å². The van der Waals surface area contributed by atoms with Crippen LogP contribution in [0, 0.1) is 11.7 Å². The van der Waals surface area contributed by atoms with Crippen molar-refractivity contribution < 1.29 is 22.4 Å². The molecular formula is C12H10BrF4NO. The van der Waals surface area contributed by atoms with Gasteiger partial charge in [0.05, 0.1) is 11.3 Å². The van der Waals surface area contributed by atoms with Gasteiger partial charge in [0.15, 0.2) is 5.82 Å². The van der Waals surface area contributed by atoms with Gasteiger partial charge < -0.3 is 4.90 Å². The maximum Gasteiger partial charge on any atom is 0.419 e. The molecule has 1 aromatic carbocycles. The molecule has 1 saturated heterocycles. The van der Waals surface area contributed by atoms with E-state index in [4.69, 9.17) is 0 Å². The van der Waals surface area contributed by atoms with Gasteiger partial charge in [-0.05, 0) is 18.1 Å². The Hall–Kier alpha value is -1.11. The summed E-state index contributed by atoms with van der Waals surface area (Å²) in [5.41, 5.74) is -1.65. The van der Waals surface area contributed by atoms with Gasteiger partial charge in [0, 0.05) is 18.3 Å². The van der Waals surface area contributed by atoms with Gasteiger partial charge in [0.1, 0.15) is 0 Å². The van der Waals surface area contributed by atoms with E-state index in [1.165, 1.54) is 6.07 Å². The molecule has 0 spiro atoms. The van der Waals surface area contributed by atoms with E-state index < -0.39 is 17.6 Å². The molecule has 0 saturated carbocycles. The first kappa shape index (κ1) is 14.3. The molecule has 2 rings (SSSR count). The van der Waals surface area contributed by atoms with Crippen molar-refractivity contribution in [3.05, 3.63) is 29.6 Å². The minimum Gasteiger partial charge on any atom is -0.309 e. The predicted molar refractivity (Wildman–Crippen MR) is 65.7 cm³/mol. The van der Waals surface area contributed by atoms with Crippen LogP contribution in [0.5, 0.6) is 0 Å². The summed E-state index contributed by atoms with van der Waals surface area (Å²) in [5.74, 6) is -1.76. The lowest BCUT2D eigenvalue weighted by atomic mass is 10.1. The van der Waals surface area contributed by atoms with Crippen molar-refractivity contribution in [2.45, 2.75) is 12.6 Å². The van der Waals surface area contributed by atoms with E-state index in [0.717, 1.165) is 11.0 Å². The predicted octanol–water partition coefficient (Wildman–Crippen LogP) is 3.59. The van der Waals surface area contributed by atoms with E-state index in [1.54, 1.807) is 0 Å². The summed E-state index contributed by atoms with van der Waals surface area (Å²) in [7, 11) is 0. The molecule has 1 fully saturated rings. The number of nitrogens with zero attached hydrogens (tertiary/aromatic N) is 1. The zero-order chi connectivity index (χ0) is 14.2. The second kappa shape index (κ2) is 5.11. The molecule has 1 aromatic rings. The fourth-order valence-electron chi connectivity index (χ4n) is 2.06. The van der Waals surface area contributed by atoms with Crippen molar-refractivity contribution in [3.63, 3.8) is 0 Å². The number of hydrogen-bond donors (Lipinski definition) is 0. The number of benzene rings is 1. The van der Waals surface area contributed by atoms with E-state index in [-0.39, 0.29) is 30.5 Å². The zero-order valence-electron chi connectivity index (χ0n) is 9.68. The quantitative estimate of drug-likeness (QED) is 0.595. The van der Waals surface area contributed by atoms with Crippen LogP contribution in [-0.4, -0.2) is 17.8 Å². The smallest absolute Gasteiger partial charge is 0.309 e. The summed E-state index contributed by atoms with van der Waals surface area (Å²) >= 11 is 3.22. The van der Waals surface area contributed by atoms with Crippen LogP contribution in [0.15, 0.2) is 18.2 Å². The van der Waals surface area contributed by atoms with Crippen molar-refractivity contribution >= 4 is 27.5 Å². The zero-order valence-corrected chi connectivity index (χ0v) is 11.3. The van der Waals surface area contributed by atoms with Crippen LogP contribution in [0.2, 0.25) is 0 Å². The summed E-state index contributed by atoms with van der Waals surface area (Å²) in [6.45, 7) is 0.225. The summed E-state index contributed by atoms with van der Waals surface area (Å²) in [5, 5.41) is 0.551. The van der Waals surface area contributed by atoms with Gasteiger partial charge in [0.2, 0.25) is 5.91 Å². The third-order valence-electron chi connectivity index (χ3n) is 3.00. The third kappa shape index (κ3) is 2.75. The van der Waals surface area contributed by atoms with Gasteiger partial charge >= 0.3 is 6.18 Å². The Morgan fingerprint density at radius 2 is 2.05 bits per heavy atom. The molecule has 0 bridgehead atoms. The maximum atomic E-state index is 13.9. The Bertz CT molecular complexity index is 503. The summed E-state index contributed by atoms with van der Waals surface area (Å²) in [6.07, 6.45) is -4.56. The molecule has 19 heavy (non-hydrogen) atoms. The second-order valence-corrected chi connectivity index (χ2v) is 5.01. The molecule has 2 nitrogen and oxygen atoms in total. The van der Waals surface area contributed by atoms with Gasteiger partial charge in [-0.2, -0.15) is 13.2 Å². The fraction of sp³-hybridized carbons (Fsp3) is 0.417. The van der Waals surface area contributed by atoms with E-state index in [0.29, 0.717) is 11.4 Å².